The molecular weight excluding hydrogens is 378 g/mol. The summed E-state index contributed by atoms with van der Waals surface area (Å²) in [6, 6.07) is 13.4. The van der Waals surface area contributed by atoms with E-state index in [4.69, 9.17) is 16.2 Å². The number of benzene rings is 1. The molecule has 154 valence electrons. The monoisotopic (exact) mass is 403 g/mol. The first-order valence-electron chi connectivity index (χ1n) is 10.1. The topological polar surface area (TPSA) is 106 Å². The molecule has 2 aliphatic rings. The van der Waals surface area contributed by atoms with Crippen molar-refractivity contribution in [3.05, 3.63) is 54.4 Å². The average molecular weight is 403 g/mol. The minimum atomic E-state index is 0.259. The van der Waals surface area contributed by atoms with E-state index in [0.717, 1.165) is 29.9 Å². The van der Waals surface area contributed by atoms with Gasteiger partial charge in [0.15, 0.2) is 5.82 Å². The van der Waals surface area contributed by atoms with Crippen LogP contribution in [0, 0.1) is 0 Å². The molecule has 8 nitrogen and oxygen atoms in total. The number of piperazine rings is 1. The Morgan fingerprint density at radius 2 is 1.90 bits per heavy atom. The van der Waals surface area contributed by atoms with Crippen LogP contribution in [0.5, 0.6) is 5.88 Å². The standard InChI is InChI=1S/C22H25N7O/c1-28-11-18-9-17(28)12-29(18)16-4-2-15(3-5-16)19-10-26-21(24)22(27-19)30-13-14-6-7-25-20(23)8-14/h2-8,10,17-18H,9,11-13H2,1H3,(H2,23,25)(H2,24,26). The summed E-state index contributed by atoms with van der Waals surface area (Å²) in [5.74, 6) is 1.02. The fourth-order valence-electron chi connectivity index (χ4n) is 4.37. The molecule has 5 rings (SSSR count). The van der Waals surface area contributed by atoms with Crippen LogP contribution in [-0.4, -0.2) is 52.1 Å². The van der Waals surface area contributed by atoms with Crippen LogP contribution >= 0.6 is 0 Å². The molecule has 3 aromatic rings. The number of fused-ring (bicyclic) bond motifs is 2. The summed E-state index contributed by atoms with van der Waals surface area (Å²) in [5, 5.41) is 0. The molecular formula is C22H25N7O. The van der Waals surface area contributed by atoms with Crippen molar-refractivity contribution in [1.82, 2.24) is 19.9 Å². The van der Waals surface area contributed by atoms with Gasteiger partial charge in [-0.1, -0.05) is 12.1 Å². The molecule has 0 aliphatic carbocycles. The Balaban J connectivity index is 1.31. The molecule has 0 spiro atoms. The van der Waals surface area contributed by atoms with Gasteiger partial charge in [-0.2, -0.15) is 0 Å². The van der Waals surface area contributed by atoms with Crippen molar-refractivity contribution in [1.29, 1.82) is 0 Å². The number of aromatic nitrogens is 3. The third-order valence-electron chi connectivity index (χ3n) is 6.00. The first-order valence-corrected chi connectivity index (χ1v) is 10.1. The lowest BCUT2D eigenvalue weighted by molar-refractivity contribution is 0.292. The fraction of sp³-hybridized carbons (Fsp3) is 0.318. The van der Waals surface area contributed by atoms with Crippen LogP contribution in [0.1, 0.15) is 12.0 Å². The highest BCUT2D eigenvalue weighted by atomic mass is 16.5. The van der Waals surface area contributed by atoms with Crippen molar-refractivity contribution >= 4 is 17.3 Å². The zero-order valence-electron chi connectivity index (χ0n) is 16.9. The van der Waals surface area contributed by atoms with Gasteiger partial charge in [0.1, 0.15) is 12.4 Å². The van der Waals surface area contributed by atoms with E-state index < -0.39 is 0 Å². The van der Waals surface area contributed by atoms with E-state index in [1.807, 2.05) is 6.07 Å². The van der Waals surface area contributed by atoms with Crippen LogP contribution in [0.15, 0.2) is 48.8 Å². The quantitative estimate of drug-likeness (QED) is 0.668. The van der Waals surface area contributed by atoms with E-state index in [9.17, 15) is 0 Å². The first-order chi connectivity index (χ1) is 14.6. The zero-order chi connectivity index (χ0) is 20.7. The maximum absolute atomic E-state index is 5.97. The summed E-state index contributed by atoms with van der Waals surface area (Å²) in [5.41, 5.74) is 15.5. The van der Waals surface area contributed by atoms with Crippen LogP contribution in [0.4, 0.5) is 17.3 Å². The zero-order valence-corrected chi connectivity index (χ0v) is 16.9. The van der Waals surface area contributed by atoms with E-state index in [1.54, 1.807) is 18.5 Å². The molecule has 30 heavy (non-hydrogen) atoms. The summed E-state index contributed by atoms with van der Waals surface area (Å²) in [7, 11) is 2.22. The lowest BCUT2D eigenvalue weighted by atomic mass is 10.1. The molecule has 2 aromatic heterocycles. The Kier molecular flexibility index (Phi) is 4.63. The van der Waals surface area contributed by atoms with Crippen molar-refractivity contribution in [3.63, 3.8) is 0 Å². The van der Waals surface area contributed by atoms with Crippen molar-refractivity contribution < 1.29 is 4.74 Å². The molecule has 8 heteroatoms. The SMILES string of the molecule is CN1CC2CC1CN2c1ccc(-c2cnc(N)c(OCc3ccnc(N)c3)n2)cc1. The molecule has 4 heterocycles. The van der Waals surface area contributed by atoms with Crippen molar-refractivity contribution in [2.45, 2.75) is 25.1 Å². The number of hydrogen-bond acceptors (Lipinski definition) is 8. The van der Waals surface area contributed by atoms with Gasteiger partial charge in [0.05, 0.1) is 11.9 Å². The first kappa shape index (κ1) is 18.6. The predicted octanol–water partition coefficient (Wildman–Crippen LogP) is 2.17. The lowest BCUT2D eigenvalue weighted by Gasteiger charge is -2.33. The number of anilines is 3. The molecule has 0 amide bonds. The average Bonchev–Trinajstić information content (AvgIpc) is 3.33. The Morgan fingerprint density at radius 1 is 1.07 bits per heavy atom. The highest BCUT2D eigenvalue weighted by molar-refractivity contribution is 5.64. The number of likely N-dealkylation sites (tertiary alicyclic amines) is 1. The van der Waals surface area contributed by atoms with Gasteiger partial charge in [0.25, 0.3) is 5.88 Å². The number of rotatable bonds is 5. The van der Waals surface area contributed by atoms with Gasteiger partial charge >= 0.3 is 0 Å². The predicted molar refractivity (Wildman–Crippen MR) is 117 cm³/mol. The number of hydrogen-bond donors (Lipinski definition) is 2. The molecule has 2 atom stereocenters. The number of nitrogens with zero attached hydrogens (tertiary/aromatic N) is 5. The molecule has 2 bridgehead atoms. The van der Waals surface area contributed by atoms with Crippen LogP contribution < -0.4 is 21.1 Å². The van der Waals surface area contributed by atoms with Gasteiger partial charge in [-0.25, -0.2) is 15.0 Å². The van der Waals surface area contributed by atoms with Crippen LogP contribution in [0.3, 0.4) is 0 Å². The fourth-order valence-corrected chi connectivity index (χ4v) is 4.37. The normalized spacial score (nSPS) is 20.6. The number of pyridine rings is 1. The highest BCUT2D eigenvalue weighted by Crippen LogP contribution is 2.34. The van der Waals surface area contributed by atoms with E-state index in [2.05, 4.69) is 56.1 Å². The summed E-state index contributed by atoms with van der Waals surface area (Å²) < 4.78 is 5.79. The second-order valence-electron chi connectivity index (χ2n) is 8.01. The molecule has 2 aliphatic heterocycles. The molecule has 2 saturated heterocycles. The minimum absolute atomic E-state index is 0.259. The lowest BCUT2D eigenvalue weighted by Crippen LogP contribution is -2.44. The van der Waals surface area contributed by atoms with Crippen LogP contribution in [-0.2, 0) is 6.61 Å². The third kappa shape index (κ3) is 3.50. The Morgan fingerprint density at radius 3 is 2.60 bits per heavy atom. The molecule has 4 N–H and O–H groups in total. The van der Waals surface area contributed by atoms with E-state index in [1.165, 1.54) is 12.1 Å². The molecule has 2 fully saturated rings. The number of nitrogen functional groups attached to an aromatic ring is 2. The minimum Gasteiger partial charge on any atom is -0.470 e. The van der Waals surface area contributed by atoms with E-state index in [-0.39, 0.29) is 5.82 Å². The van der Waals surface area contributed by atoms with Gasteiger partial charge in [-0.05, 0) is 43.3 Å². The number of likely N-dealkylation sites (N-methyl/N-ethyl adjacent to an activating group) is 1. The Bertz CT molecular complexity index is 1050. The summed E-state index contributed by atoms with van der Waals surface area (Å²) in [4.78, 5) is 17.8. The third-order valence-corrected chi connectivity index (χ3v) is 6.00. The second kappa shape index (κ2) is 7.46. The number of ether oxygens (including phenoxy) is 1. The van der Waals surface area contributed by atoms with Gasteiger partial charge < -0.3 is 21.1 Å². The van der Waals surface area contributed by atoms with Crippen molar-refractivity contribution in [2.24, 2.45) is 0 Å². The maximum Gasteiger partial charge on any atom is 0.258 e. The van der Waals surface area contributed by atoms with E-state index >= 15 is 0 Å². The molecule has 0 saturated carbocycles. The highest BCUT2D eigenvalue weighted by Gasteiger charge is 2.41. The molecule has 1 aromatic carbocycles. The van der Waals surface area contributed by atoms with Gasteiger partial charge in [-0.15, -0.1) is 0 Å². The largest absolute Gasteiger partial charge is 0.470 e. The smallest absolute Gasteiger partial charge is 0.258 e. The Hall–Kier alpha value is -3.39. The summed E-state index contributed by atoms with van der Waals surface area (Å²) in [6.07, 6.45) is 4.57. The van der Waals surface area contributed by atoms with Crippen LogP contribution in [0.25, 0.3) is 11.3 Å². The Labute approximate surface area is 175 Å². The summed E-state index contributed by atoms with van der Waals surface area (Å²) >= 11 is 0. The van der Waals surface area contributed by atoms with Crippen LogP contribution in [0.2, 0.25) is 0 Å². The van der Waals surface area contributed by atoms with Crippen molar-refractivity contribution in [3.8, 4) is 17.1 Å². The number of nitrogens with two attached hydrogens (primary N) is 2. The maximum atomic E-state index is 5.97. The van der Waals surface area contributed by atoms with Crippen molar-refractivity contribution in [2.75, 3.05) is 36.5 Å². The summed E-state index contributed by atoms with van der Waals surface area (Å²) in [6.45, 7) is 2.53. The van der Waals surface area contributed by atoms with E-state index in [0.29, 0.717) is 30.4 Å². The molecule has 2 unspecified atom stereocenters. The van der Waals surface area contributed by atoms with Gasteiger partial charge in [-0.3, -0.25) is 4.90 Å². The van der Waals surface area contributed by atoms with Gasteiger partial charge in [0.2, 0.25) is 0 Å². The van der Waals surface area contributed by atoms with Gasteiger partial charge in [0, 0.05) is 42.6 Å². The molecule has 0 radical (unpaired) electrons. The second-order valence-corrected chi connectivity index (χ2v) is 8.01.